The summed E-state index contributed by atoms with van der Waals surface area (Å²) in [5.74, 6) is 0.968. The molecule has 0 aromatic heterocycles. The Morgan fingerprint density at radius 2 is 1.74 bits per heavy atom. The maximum atomic E-state index is 13.3. The average molecular weight is 429 g/mol. The van der Waals surface area contributed by atoms with Gasteiger partial charge in [0.15, 0.2) is 6.10 Å². The number of hydrogen-bond donors (Lipinski definition) is 2. The molecule has 3 atom stereocenters. The zero-order chi connectivity index (χ0) is 22.2. The first kappa shape index (κ1) is 21.7. The standard InChI is InChI=1S/C24H32N2O5/c1-15(21(28)25-13-17-4-6-20(30-3)7-5-17)31-22(29)23-9-18-8-19(10-23)12-24(11-18,14-23)26-16(2)27/h4-7,15,18-19H,8-14H2,1-3H3,(H,25,28)(H,26,27)/t15-,18+,19+,23?,24?/m0/s1. The lowest BCUT2D eigenvalue weighted by molar-refractivity contribution is -0.182. The van der Waals surface area contributed by atoms with E-state index < -0.39 is 11.5 Å². The van der Waals surface area contributed by atoms with E-state index in [4.69, 9.17) is 9.47 Å². The van der Waals surface area contributed by atoms with E-state index in [2.05, 4.69) is 10.6 Å². The highest BCUT2D eigenvalue weighted by Crippen LogP contribution is 2.62. The number of nitrogens with one attached hydrogen (secondary N) is 2. The van der Waals surface area contributed by atoms with E-state index in [-0.39, 0.29) is 23.3 Å². The van der Waals surface area contributed by atoms with Gasteiger partial charge in [0.1, 0.15) is 5.75 Å². The number of ether oxygens (including phenoxy) is 2. The van der Waals surface area contributed by atoms with Crippen LogP contribution >= 0.6 is 0 Å². The summed E-state index contributed by atoms with van der Waals surface area (Å²) in [4.78, 5) is 37.6. The molecule has 5 rings (SSSR count). The van der Waals surface area contributed by atoms with Gasteiger partial charge in [-0.15, -0.1) is 0 Å². The van der Waals surface area contributed by atoms with Crippen molar-refractivity contribution in [2.75, 3.05) is 7.11 Å². The van der Waals surface area contributed by atoms with Crippen molar-refractivity contribution >= 4 is 17.8 Å². The highest BCUT2D eigenvalue weighted by Gasteiger charge is 2.61. The lowest BCUT2D eigenvalue weighted by Gasteiger charge is -2.60. The van der Waals surface area contributed by atoms with Crippen LogP contribution in [0.15, 0.2) is 24.3 Å². The highest BCUT2D eigenvalue weighted by molar-refractivity contribution is 5.85. The molecular formula is C24H32N2O5. The third kappa shape index (κ3) is 4.41. The molecule has 0 heterocycles. The predicted molar refractivity (Wildman–Crippen MR) is 114 cm³/mol. The normalized spacial score (nSPS) is 31.6. The fraction of sp³-hybridized carbons (Fsp3) is 0.625. The monoisotopic (exact) mass is 428 g/mol. The van der Waals surface area contributed by atoms with Crippen molar-refractivity contribution in [2.24, 2.45) is 17.3 Å². The van der Waals surface area contributed by atoms with Gasteiger partial charge in [-0.25, -0.2) is 0 Å². The zero-order valence-electron chi connectivity index (χ0n) is 18.5. The Morgan fingerprint density at radius 3 is 2.32 bits per heavy atom. The van der Waals surface area contributed by atoms with Crippen LogP contribution in [-0.4, -0.2) is 36.5 Å². The predicted octanol–water partition coefficient (Wildman–Crippen LogP) is 2.72. The molecule has 2 N–H and O–H groups in total. The molecule has 7 nitrogen and oxygen atoms in total. The van der Waals surface area contributed by atoms with Crippen LogP contribution in [-0.2, 0) is 25.7 Å². The lowest BCUT2D eigenvalue weighted by atomic mass is 9.47. The van der Waals surface area contributed by atoms with Gasteiger partial charge in [0.25, 0.3) is 5.91 Å². The van der Waals surface area contributed by atoms with Crippen LogP contribution in [0.3, 0.4) is 0 Å². The second-order valence-corrected chi connectivity index (χ2v) is 9.82. The molecule has 0 saturated heterocycles. The summed E-state index contributed by atoms with van der Waals surface area (Å²) in [6.45, 7) is 3.51. The third-order valence-electron chi connectivity index (χ3n) is 7.21. The maximum Gasteiger partial charge on any atom is 0.312 e. The molecule has 2 amide bonds. The quantitative estimate of drug-likeness (QED) is 0.652. The Balaban J connectivity index is 1.36. The molecule has 0 spiro atoms. The number of benzene rings is 1. The minimum Gasteiger partial charge on any atom is -0.497 e. The molecule has 4 aliphatic rings. The first-order valence-electron chi connectivity index (χ1n) is 11.1. The van der Waals surface area contributed by atoms with Crippen molar-refractivity contribution in [3.05, 3.63) is 29.8 Å². The number of methoxy groups -OCH3 is 1. The molecule has 0 aliphatic heterocycles. The number of amides is 2. The Morgan fingerprint density at radius 1 is 1.10 bits per heavy atom. The van der Waals surface area contributed by atoms with Gasteiger partial charge >= 0.3 is 5.97 Å². The first-order valence-corrected chi connectivity index (χ1v) is 11.1. The fourth-order valence-corrected chi connectivity index (χ4v) is 6.44. The average Bonchev–Trinajstić information content (AvgIpc) is 2.70. The molecule has 1 aromatic carbocycles. The number of carbonyl (C=O) groups excluding carboxylic acids is 3. The molecule has 4 saturated carbocycles. The third-order valence-corrected chi connectivity index (χ3v) is 7.21. The lowest BCUT2D eigenvalue weighted by Crippen LogP contribution is -2.65. The van der Waals surface area contributed by atoms with E-state index in [1.807, 2.05) is 24.3 Å². The summed E-state index contributed by atoms with van der Waals surface area (Å²) in [6.07, 6.45) is 4.34. The van der Waals surface area contributed by atoms with Crippen LogP contribution in [0, 0.1) is 17.3 Å². The van der Waals surface area contributed by atoms with Gasteiger partial charge in [0, 0.05) is 19.0 Å². The minimum absolute atomic E-state index is 0.0447. The van der Waals surface area contributed by atoms with E-state index in [0.717, 1.165) is 43.4 Å². The molecule has 1 aromatic rings. The zero-order valence-corrected chi connectivity index (χ0v) is 18.5. The SMILES string of the molecule is COc1ccc(CNC(=O)[C@H](C)OC(=O)C23C[C@H]4C[C@@H](CC(NC(C)=O)(C4)C2)C3)cc1. The molecule has 4 bridgehead atoms. The van der Waals surface area contributed by atoms with Crippen molar-refractivity contribution in [1.82, 2.24) is 10.6 Å². The van der Waals surface area contributed by atoms with Gasteiger partial charge in [0.05, 0.1) is 12.5 Å². The van der Waals surface area contributed by atoms with E-state index in [1.165, 1.54) is 0 Å². The maximum absolute atomic E-state index is 13.3. The summed E-state index contributed by atoms with van der Waals surface area (Å²) in [7, 11) is 1.61. The van der Waals surface area contributed by atoms with Gasteiger partial charge in [-0.1, -0.05) is 12.1 Å². The van der Waals surface area contributed by atoms with Gasteiger partial charge in [-0.3, -0.25) is 14.4 Å². The van der Waals surface area contributed by atoms with Crippen LogP contribution in [0.1, 0.15) is 57.9 Å². The molecule has 0 radical (unpaired) electrons. The van der Waals surface area contributed by atoms with E-state index in [1.54, 1.807) is 21.0 Å². The Kier molecular flexibility index (Phi) is 5.71. The van der Waals surface area contributed by atoms with Crippen molar-refractivity contribution in [2.45, 2.75) is 70.6 Å². The molecule has 7 heteroatoms. The summed E-state index contributed by atoms with van der Waals surface area (Å²) < 4.78 is 10.8. The molecular weight excluding hydrogens is 396 g/mol. The van der Waals surface area contributed by atoms with Gasteiger partial charge in [-0.05, 0) is 75.0 Å². The van der Waals surface area contributed by atoms with Gasteiger partial charge in [0.2, 0.25) is 5.91 Å². The Hall–Kier alpha value is -2.57. The molecule has 0 unspecified atom stereocenters. The van der Waals surface area contributed by atoms with Crippen LogP contribution in [0.25, 0.3) is 0 Å². The van der Waals surface area contributed by atoms with E-state index in [0.29, 0.717) is 24.8 Å². The summed E-state index contributed by atoms with van der Waals surface area (Å²) in [5, 5.41) is 5.99. The van der Waals surface area contributed by atoms with Crippen molar-refractivity contribution < 1.29 is 23.9 Å². The van der Waals surface area contributed by atoms with E-state index in [9.17, 15) is 14.4 Å². The second kappa shape index (κ2) is 8.17. The van der Waals surface area contributed by atoms with Crippen LogP contribution in [0.2, 0.25) is 0 Å². The Bertz CT molecular complexity index is 851. The topological polar surface area (TPSA) is 93.7 Å². The Labute approximate surface area is 183 Å². The van der Waals surface area contributed by atoms with Gasteiger partial charge in [-0.2, -0.15) is 0 Å². The molecule has 31 heavy (non-hydrogen) atoms. The van der Waals surface area contributed by atoms with Crippen molar-refractivity contribution in [3.63, 3.8) is 0 Å². The largest absolute Gasteiger partial charge is 0.497 e. The number of esters is 1. The molecule has 168 valence electrons. The van der Waals surface area contributed by atoms with Crippen LogP contribution in [0.5, 0.6) is 5.75 Å². The molecule has 4 aliphatic carbocycles. The fourth-order valence-electron chi connectivity index (χ4n) is 6.44. The van der Waals surface area contributed by atoms with E-state index >= 15 is 0 Å². The second-order valence-electron chi connectivity index (χ2n) is 9.82. The van der Waals surface area contributed by atoms with Crippen molar-refractivity contribution in [1.29, 1.82) is 0 Å². The molecule has 4 fully saturated rings. The first-order chi connectivity index (χ1) is 14.7. The van der Waals surface area contributed by atoms with Crippen LogP contribution < -0.4 is 15.4 Å². The summed E-state index contributed by atoms with van der Waals surface area (Å²) in [6, 6.07) is 7.44. The highest BCUT2D eigenvalue weighted by atomic mass is 16.5. The van der Waals surface area contributed by atoms with Gasteiger partial charge < -0.3 is 20.1 Å². The number of rotatable bonds is 7. The number of hydrogen-bond acceptors (Lipinski definition) is 5. The number of carbonyl (C=O) groups is 3. The minimum atomic E-state index is -0.865. The summed E-state index contributed by atoms with van der Waals surface area (Å²) >= 11 is 0. The summed E-state index contributed by atoms with van der Waals surface area (Å²) in [5.41, 5.74) is 0.0530. The van der Waals surface area contributed by atoms with Crippen molar-refractivity contribution in [3.8, 4) is 5.75 Å². The van der Waals surface area contributed by atoms with Crippen LogP contribution in [0.4, 0.5) is 0 Å². The smallest absolute Gasteiger partial charge is 0.312 e.